The number of aromatic hydroxyl groups is 1. The fraction of sp³-hybridized carbons (Fsp3) is 0.280. The number of carbonyl (C=O) groups is 2. The second-order valence-corrected chi connectivity index (χ2v) is 7.38. The van der Waals surface area contributed by atoms with E-state index in [2.05, 4.69) is 6.58 Å². The van der Waals surface area contributed by atoms with Gasteiger partial charge in [0.2, 0.25) is 0 Å². The molecule has 34 heavy (non-hydrogen) atoms. The largest absolute Gasteiger partial charge is 0.507 e. The van der Waals surface area contributed by atoms with Crippen molar-refractivity contribution in [3.63, 3.8) is 0 Å². The van der Waals surface area contributed by atoms with Crippen molar-refractivity contribution in [2.75, 3.05) is 40.1 Å². The zero-order chi connectivity index (χ0) is 24.7. The standard InChI is InChI=1S/C25H27NO8/c1-3-12-34-18-7-4-16(5-8-18)23(29)21-22(17-6-9-19(28)20(15-17)32-2)26(25(31)24(21)30)10-13-33-14-11-27/h3-9,15,22,27-29H,1,10-14H2,2H3/b23-21-. The molecule has 1 unspecified atom stereocenters. The van der Waals surface area contributed by atoms with E-state index < -0.39 is 17.7 Å². The Morgan fingerprint density at radius 3 is 2.53 bits per heavy atom. The van der Waals surface area contributed by atoms with Gasteiger partial charge < -0.3 is 34.4 Å². The number of amides is 1. The Balaban J connectivity index is 2.05. The van der Waals surface area contributed by atoms with Crippen molar-refractivity contribution < 1.29 is 39.1 Å². The van der Waals surface area contributed by atoms with Crippen molar-refractivity contribution >= 4 is 17.4 Å². The second-order valence-electron chi connectivity index (χ2n) is 7.38. The summed E-state index contributed by atoms with van der Waals surface area (Å²) in [5.41, 5.74) is 0.694. The molecule has 1 saturated heterocycles. The summed E-state index contributed by atoms with van der Waals surface area (Å²) in [6.45, 7) is 3.94. The Labute approximate surface area is 197 Å². The molecule has 3 N–H and O–H groups in total. The number of phenolic OH excluding ortho intramolecular Hbond substituents is 1. The lowest BCUT2D eigenvalue weighted by atomic mass is 9.95. The van der Waals surface area contributed by atoms with Crippen LogP contribution in [0.15, 0.2) is 60.7 Å². The van der Waals surface area contributed by atoms with Crippen LogP contribution in [-0.4, -0.2) is 72.0 Å². The summed E-state index contributed by atoms with van der Waals surface area (Å²) < 4.78 is 15.9. The highest BCUT2D eigenvalue weighted by molar-refractivity contribution is 6.46. The minimum atomic E-state index is -0.941. The molecule has 3 rings (SSSR count). The molecule has 0 aromatic heterocycles. The van der Waals surface area contributed by atoms with Crippen LogP contribution >= 0.6 is 0 Å². The zero-order valence-corrected chi connectivity index (χ0v) is 18.8. The lowest BCUT2D eigenvalue weighted by molar-refractivity contribution is -0.140. The first-order valence-corrected chi connectivity index (χ1v) is 10.6. The maximum absolute atomic E-state index is 13.0. The minimum Gasteiger partial charge on any atom is -0.507 e. The van der Waals surface area contributed by atoms with Crippen LogP contribution in [0.5, 0.6) is 17.2 Å². The molecule has 2 aromatic carbocycles. The molecule has 1 fully saturated rings. The third-order valence-electron chi connectivity index (χ3n) is 5.27. The number of benzene rings is 2. The van der Waals surface area contributed by atoms with E-state index in [1.807, 2.05) is 0 Å². The van der Waals surface area contributed by atoms with Crippen LogP contribution in [0.2, 0.25) is 0 Å². The molecule has 1 heterocycles. The summed E-state index contributed by atoms with van der Waals surface area (Å²) in [6, 6.07) is 9.94. The number of aliphatic hydroxyl groups excluding tert-OH is 2. The highest BCUT2D eigenvalue weighted by Gasteiger charge is 2.46. The normalized spacial score (nSPS) is 17.1. The molecular formula is C25H27NO8. The predicted molar refractivity (Wildman–Crippen MR) is 124 cm³/mol. The van der Waals surface area contributed by atoms with Crippen LogP contribution in [0, 0.1) is 0 Å². The first-order valence-electron chi connectivity index (χ1n) is 10.6. The molecule has 2 aromatic rings. The van der Waals surface area contributed by atoms with Gasteiger partial charge in [-0.2, -0.15) is 0 Å². The van der Waals surface area contributed by atoms with Crippen LogP contribution in [-0.2, 0) is 14.3 Å². The number of phenols is 1. The summed E-state index contributed by atoms with van der Waals surface area (Å²) in [7, 11) is 1.38. The van der Waals surface area contributed by atoms with Gasteiger partial charge in [0.05, 0.1) is 38.5 Å². The Morgan fingerprint density at radius 2 is 1.88 bits per heavy atom. The van der Waals surface area contributed by atoms with Gasteiger partial charge in [-0.25, -0.2) is 0 Å². The number of Topliss-reactive ketones (excluding diaryl/α,β-unsaturated/α-hetero) is 1. The van der Waals surface area contributed by atoms with E-state index >= 15 is 0 Å². The van der Waals surface area contributed by atoms with Crippen molar-refractivity contribution in [1.29, 1.82) is 0 Å². The predicted octanol–water partition coefficient (Wildman–Crippen LogP) is 2.40. The molecule has 0 radical (unpaired) electrons. The maximum Gasteiger partial charge on any atom is 0.295 e. The second kappa shape index (κ2) is 11.4. The Kier molecular flexibility index (Phi) is 8.29. The van der Waals surface area contributed by atoms with Crippen molar-refractivity contribution in [2.45, 2.75) is 6.04 Å². The molecular weight excluding hydrogens is 442 g/mol. The molecule has 1 atom stereocenters. The van der Waals surface area contributed by atoms with Gasteiger partial charge in [0.1, 0.15) is 18.1 Å². The van der Waals surface area contributed by atoms with Gasteiger partial charge in [-0.05, 0) is 42.0 Å². The van der Waals surface area contributed by atoms with Crippen molar-refractivity contribution in [1.82, 2.24) is 4.90 Å². The summed E-state index contributed by atoms with van der Waals surface area (Å²) in [4.78, 5) is 27.2. The topological polar surface area (TPSA) is 126 Å². The summed E-state index contributed by atoms with van der Waals surface area (Å²) >= 11 is 0. The van der Waals surface area contributed by atoms with Crippen molar-refractivity contribution in [3.8, 4) is 17.2 Å². The van der Waals surface area contributed by atoms with E-state index in [0.29, 0.717) is 23.5 Å². The first kappa shape index (κ1) is 24.8. The summed E-state index contributed by atoms with van der Waals surface area (Å²) in [5.74, 6) is -1.38. The minimum absolute atomic E-state index is 0.0452. The number of hydrogen-bond acceptors (Lipinski definition) is 8. The third kappa shape index (κ3) is 5.22. The summed E-state index contributed by atoms with van der Waals surface area (Å²) in [5, 5.41) is 30.0. The van der Waals surface area contributed by atoms with Crippen molar-refractivity contribution in [3.05, 3.63) is 71.8 Å². The Bertz CT molecular complexity index is 1080. The van der Waals surface area contributed by atoms with Gasteiger partial charge in [-0.1, -0.05) is 18.7 Å². The number of likely N-dealkylation sites (tertiary alicyclic amines) is 1. The lowest BCUT2D eigenvalue weighted by Crippen LogP contribution is -2.33. The fourth-order valence-electron chi connectivity index (χ4n) is 3.67. The van der Waals surface area contributed by atoms with E-state index in [-0.39, 0.29) is 49.2 Å². The lowest BCUT2D eigenvalue weighted by Gasteiger charge is -2.25. The van der Waals surface area contributed by atoms with Gasteiger partial charge in [0.25, 0.3) is 11.7 Å². The van der Waals surface area contributed by atoms with Gasteiger partial charge in [0.15, 0.2) is 11.5 Å². The molecule has 9 nitrogen and oxygen atoms in total. The maximum atomic E-state index is 13.0. The fourth-order valence-corrected chi connectivity index (χ4v) is 3.67. The van der Waals surface area contributed by atoms with E-state index in [4.69, 9.17) is 19.3 Å². The highest BCUT2D eigenvalue weighted by Crippen LogP contribution is 2.41. The summed E-state index contributed by atoms with van der Waals surface area (Å²) in [6.07, 6.45) is 1.60. The molecule has 0 spiro atoms. The zero-order valence-electron chi connectivity index (χ0n) is 18.8. The van der Waals surface area contributed by atoms with E-state index in [0.717, 1.165) is 0 Å². The molecule has 1 amide bonds. The first-order chi connectivity index (χ1) is 16.4. The van der Waals surface area contributed by atoms with Gasteiger partial charge >= 0.3 is 0 Å². The molecule has 0 saturated carbocycles. The Hall–Kier alpha value is -3.82. The van der Waals surface area contributed by atoms with Crippen LogP contribution in [0.4, 0.5) is 0 Å². The number of ketones is 1. The number of aliphatic hydroxyl groups is 2. The van der Waals surface area contributed by atoms with E-state index in [1.165, 1.54) is 24.1 Å². The number of carbonyl (C=O) groups excluding carboxylic acids is 2. The van der Waals surface area contributed by atoms with Gasteiger partial charge in [-0.15, -0.1) is 0 Å². The molecule has 180 valence electrons. The molecule has 0 bridgehead atoms. The quantitative estimate of drug-likeness (QED) is 0.151. The number of ether oxygens (including phenoxy) is 3. The average Bonchev–Trinajstić information content (AvgIpc) is 3.10. The van der Waals surface area contributed by atoms with Gasteiger partial charge in [-0.3, -0.25) is 9.59 Å². The van der Waals surface area contributed by atoms with Crippen LogP contribution in [0.1, 0.15) is 17.2 Å². The molecule has 1 aliphatic heterocycles. The third-order valence-corrected chi connectivity index (χ3v) is 5.27. The number of methoxy groups -OCH3 is 1. The van der Waals surface area contributed by atoms with E-state index in [1.54, 1.807) is 36.4 Å². The highest BCUT2D eigenvalue weighted by atomic mass is 16.5. The van der Waals surface area contributed by atoms with Crippen LogP contribution in [0.25, 0.3) is 5.76 Å². The monoisotopic (exact) mass is 469 g/mol. The average molecular weight is 469 g/mol. The smallest absolute Gasteiger partial charge is 0.295 e. The molecule has 9 heteroatoms. The SMILES string of the molecule is C=CCOc1ccc(/C(O)=C2/C(=O)C(=O)N(CCOCCO)C2c2ccc(O)c(OC)c2)cc1. The van der Waals surface area contributed by atoms with E-state index in [9.17, 15) is 19.8 Å². The number of hydrogen-bond donors (Lipinski definition) is 3. The molecule has 1 aliphatic rings. The Morgan fingerprint density at radius 1 is 1.15 bits per heavy atom. The van der Waals surface area contributed by atoms with Crippen LogP contribution in [0.3, 0.4) is 0 Å². The van der Waals surface area contributed by atoms with Crippen molar-refractivity contribution in [2.24, 2.45) is 0 Å². The van der Waals surface area contributed by atoms with Gasteiger partial charge in [0, 0.05) is 12.1 Å². The number of nitrogens with zero attached hydrogens (tertiary/aromatic N) is 1. The molecule has 0 aliphatic carbocycles. The van der Waals surface area contributed by atoms with Crippen LogP contribution < -0.4 is 9.47 Å². The number of rotatable bonds is 11.